The monoisotopic (exact) mass is 380 g/mol. The van der Waals surface area contributed by atoms with Crippen LogP contribution in [0, 0.1) is 0 Å². The highest BCUT2D eigenvalue weighted by Gasteiger charge is 2.44. The molecule has 2 heterocycles. The Morgan fingerprint density at radius 1 is 1.18 bits per heavy atom. The van der Waals surface area contributed by atoms with Crippen LogP contribution in [0.2, 0.25) is 0 Å². The van der Waals surface area contributed by atoms with E-state index >= 15 is 0 Å². The second-order valence-corrected chi connectivity index (χ2v) is 8.23. The Kier molecular flexibility index (Phi) is 5.59. The Balaban J connectivity index is 1.75. The number of fused-ring (bicyclic) bond motifs is 3. The molecule has 0 N–H and O–H groups in total. The van der Waals surface area contributed by atoms with Crippen molar-refractivity contribution in [2.45, 2.75) is 65.4 Å². The molecule has 0 bridgehead atoms. The molecule has 4 nitrogen and oxygen atoms in total. The number of ether oxygens (including phenoxy) is 1. The summed E-state index contributed by atoms with van der Waals surface area (Å²) in [6.07, 6.45) is 5.83. The van der Waals surface area contributed by atoms with Crippen LogP contribution in [0.5, 0.6) is 5.75 Å². The Bertz CT molecular complexity index is 1020. The lowest BCUT2D eigenvalue weighted by Gasteiger charge is -2.28. The first-order chi connectivity index (χ1) is 13.2. The van der Waals surface area contributed by atoms with Gasteiger partial charge in [-0.1, -0.05) is 30.2 Å². The molecule has 0 fully saturated rings. The standard InChI is InChI=1S/C24H28O4/c1-15(2)13-18(25)14-16(3)9-8-12-24(5)17(4)21-22(28-24)19-10-6-7-11-20(19)27-23(21)26/h6-7,10-11,13-14,17H,8-9,12H2,1-5H3/b16-14+. The molecule has 2 aromatic rings. The number of hydrogen-bond donors (Lipinski definition) is 0. The first kappa shape index (κ1) is 20.1. The molecule has 0 saturated carbocycles. The van der Waals surface area contributed by atoms with Crippen LogP contribution in [-0.2, 0) is 4.79 Å². The predicted molar refractivity (Wildman–Crippen MR) is 112 cm³/mol. The fourth-order valence-electron chi connectivity index (χ4n) is 3.87. The Morgan fingerprint density at radius 2 is 1.89 bits per heavy atom. The summed E-state index contributed by atoms with van der Waals surface area (Å²) in [5.41, 5.74) is 2.46. The van der Waals surface area contributed by atoms with Crippen molar-refractivity contribution in [1.82, 2.24) is 0 Å². The van der Waals surface area contributed by atoms with E-state index in [0.717, 1.165) is 35.8 Å². The van der Waals surface area contributed by atoms with Gasteiger partial charge in [0.1, 0.15) is 16.9 Å². The topological polar surface area (TPSA) is 56.5 Å². The molecule has 0 radical (unpaired) electrons. The van der Waals surface area contributed by atoms with Crippen molar-refractivity contribution < 1.29 is 13.9 Å². The van der Waals surface area contributed by atoms with Crippen molar-refractivity contribution in [3.8, 4) is 5.75 Å². The first-order valence-electron chi connectivity index (χ1n) is 9.82. The molecule has 0 spiro atoms. The summed E-state index contributed by atoms with van der Waals surface area (Å²) in [5, 5.41) is 0.844. The van der Waals surface area contributed by atoms with Crippen LogP contribution in [0.15, 0.2) is 56.8 Å². The highest BCUT2D eigenvalue weighted by atomic mass is 16.5. The third-order valence-corrected chi connectivity index (χ3v) is 5.55. The first-order valence-corrected chi connectivity index (χ1v) is 9.82. The molecule has 3 rings (SSSR count). The number of carbonyl (C=O) groups excluding carboxylic acids is 1. The molecule has 1 aromatic carbocycles. The Morgan fingerprint density at radius 3 is 2.61 bits per heavy atom. The third kappa shape index (κ3) is 3.96. The normalized spacial score (nSPS) is 21.3. The van der Waals surface area contributed by atoms with Crippen LogP contribution >= 0.6 is 0 Å². The zero-order chi connectivity index (χ0) is 20.5. The van der Waals surface area contributed by atoms with E-state index < -0.39 is 5.60 Å². The molecule has 0 saturated heterocycles. The van der Waals surface area contributed by atoms with E-state index in [2.05, 4.69) is 6.92 Å². The van der Waals surface area contributed by atoms with Gasteiger partial charge in [0.2, 0.25) is 0 Å². The van der Waals surface area contributed by atoms with E-state index in [0.29, 0.717) is 16.9 Å². The van der Waals surface area contributed by atoms with Gasteiger partial charge in [0.15, 0.2) is 5.78 Å². The number of hydrogen-bond acceptors (Lipinski definition) is 4. The van der Waals surface area contributed by atoms with Gasteiger partial charge in [0.25, 0.3) is 0 Å². The second-order valence-electron chi connectivity index (χ2n) is 8.23. The van der Waals surface area contributed by atoms with Crippen molar-refractivity contribution >= 4 is 16.8 Å². The zero-order valence-electron chi connectivity index (χ0n) is 17.3. The van der Waals surface area contributed by atoms with Crippen LogP contribution in [0.25, 0.3) is 11.0 Å². The minimum atomic E-state index is -0.467. The van der Waals surface area contributed by atoms with E-state index in [4.69, 9.17) is 9.15 Å². The summed E-state index contributed by atoms with van der Waals surface area (Å²) in [6, 6.07) is 7.49. The van der Waals surface area contributed by atoms with E-state index in [9.17, 15) is 9.59 Å². The van der Waals surface area contributed by atoms with Crippen molar-refractivity contribution in [2.24, 2.45) is 0 Å². The lowest BCUT2D eigenvalue weighted by molar-refractivity contribution is -0.110. The maximum Gasteiger partial charge on any atom is 0.343 e. The number of rotatable bonds is 6. The molecule has 0 aliphatic carbocycles. The maximum absolute atomic E-state index is 12.5. The lowest BCUT2D eigenvalue weighted by Crippen LogP contribution is -2.33. The van der Waals surface area contributed by atoms with Gasteiger partial charge >= 0.3 is 5.63 Å². The average Bonchev–Trinajstić information content (AvgIpc) is 2.86. The van der Waals surface area contributed by atoms with E-state index in [1.807, 2.05) is 45.9 Å². The molecule has 4 heteroatoms. The van der Waals surface area contributed by atoms with Crippen LogP contribution in [0.1, 0.15) is 65.4 Å². The molecule has 1 aliphatic heterocycles. The molecule has 0 amide bonds. The highest BCUT2D eigenvalue weighted by Crippen LogP contribution is 2.48. The van der Waals surface area contributed by atoms with Gasteiger partial charge in [0, 0.05) is 5.92 Å². The van der Waals surface area contributed by atoms with E-state index in [1.165, 1.54) is 0 Å². The van der Waals surface area contributed by atoms with Crippen LogP contribution in [0.3, 0.4) is 0 Å². The SMILES string of the molecule is CC(C)=CC(=O)/C=C(\C)CCCC1(C)Oc2c(c(=O)oc3ccccc23)C1C. The number of benzene rings is 1. The van der Waals surface area contributed by atoms with Gasteiger partial charge in [0.05, 0.1) is 10.9 Å². The van der Waals surface area contributed by atoms with E-state index in [-0.39, 0.29) is 17.3 Å². The number of carbonyl (C=O) groups is 1. The van der Waals surface area contributed by atoms with Crippen LogP contribution in [-0.4, -0.2) is 11.4 Å². The minimum Gasteiger partial charge on any atom is -0.486 e. The zero-order valence-corrected chi connectivity index (χ0v) is 17.3. The second kappa shape index (κ2) is 7.78. The molecule has 148 valence electrons. The highest BCUT2D eigenvalue weighted by molar-refractivity contribution is 6.00. The average molecular weight is 380 g/mol. The molecule has 2 atom stereocenters. The maximum atomic E-state index is 12.5. The van der Waals surface area contributed by atoms with Gasteiger partial charge in [-0.25, -0.2) is 4.79 Å². The van der Waals surface area contributed by atoms with Gasteiger partial charge in [-0.3, -0.25) is 4.79 Å². The van der Waals surface area contributed by atoms with E-state index in [1.54, 1.807) is 18.2 Å². The molecular weight excluding hydrogens is 352 g/mol. The summed E-state index contributed by atoms with van der Waals surface area (Å²) < 4.78 is 11.9. The van der Waals surface area contributed by atoms with Gasteiger partial charge in [-0.2, -0.15) is 0 Å². The summed E-state index contributed by atoms with van der Waals surface area (Å²) >= 11 is 0. The quantitative estimate of drug-likeness (QED) is 0.476. The fraction of sp³-hybridized carbons (Fsp3) is 0.417. The third-order valence-electron chi connectivity index (χ3n) is 5.55. The number of para-hydroxylation sites is 1. The lowest BCUT2D eigenvalue weighted by atomic mass is 9.83. The van der Waals surface area contributed by atoms with Gasteiger partial charge in [-0.05, 0) is 71.2 Å². The van der Waals surface area contributed by atoms with Crippen molar-refractivity contribution in [2.75, 3.05) is 0 Å². The van der Waals surface area contributed by atoms with Crippen LogP contribution < -0.4 is 10.4 Å². The van der Waals surface area contributed by atoms with Gasteiger partial charge in [-0.15, -0.1) is 0 Å². The summed E-state index contributed by atoms with van der Waals surface area (Å²) in [4.78, 5) is 24.4. The summed E-state index contributed by atoms with van der Waals surface area (Å²) in [7, 11) is 0. The minimum absolute atomic E-state index is 0.0330. The smallest absolute Gasteiger partial charge is 0.343 e. The number of allylic oxidation sites excluding steroid dienone is 4. The predicted octanol–water partition coefficient (Wildman–Crippen LogP) is 5.70. The van der Waals surface area contributed by atoms with Crippen molar-refractivity contribution in [3.63, 3.8) is 0 Å². The summed E-state index contributed by atoms with van der Waals surface area (Å²) in [5.74, 6) is 0.637. The molecule has 1 aliphatic rings. The van der Waals surface area contributed by atoms with Gasteiger partial charge < -0.3 is 9.15 Å². The summed E-state index contributed by atoms with van der Waals surface area (Å²) in [6.45, 7) is 9.89. The Hall–Kier alpha value is -2.62. The van der Waals surface area contributed by atoms with Crippen LogP contribution in [0.4, 0.5) is 0 Å². The van der Waals surface area contributed by atoms with Crippen molar-refractivity contribution in [1.29, 1.82) is 0 Å². The molecular formula is C24H28O4. The van der Waals surface area contributed by atoms with Crippen molar-refractivity contribution in [3.05, 3.63) is 63.5 Å². The Labute approximate surface area is 165 Å². The largest absolute Gasteiger partial charge is 0.486 e. The molecule has 28 heavy (non-hydrogen) atoms. The molecule has 2 unspecified atom stereocenters. The number of ketones is 1. The molecule has 1 aromatic heterocycles. The fourth-order valence-corrected chi connectivity index (χ4v) is 3.87.